The molecule has 1 saturated heterocycles. The van der Waals surface area contributed by atoms with Gasteiger partial charge in [-0.15, -0.1) is 0 Å². The maximum Gasteiger partial charge on any atom is 0.192 e. The van der Waals surface area contributed by atoms with E-state index in [0.29, 0.717) is 19.8 Å². The van der Waals surface area contributed by atoms with Crippen LogP contribution >= 0.6 is 15.9 Å². The number of hydrogen-bond donors (Lipinski definition) is 0. The number of ether oxygens (including phenoxy) is 3. The fourth-order valence-corrected chi connectivity index (χ4v) is 4.58. The molecule has 0 unspecified atom stereocenters. The van der Waals surface area contributed by atoms with Gasteiger partial charge in [0.05, 0.1) is 18.4 Å². The van der Waals surface area contributed by atoms with Crippen molar-refractivity contribution in [2.24, 2.45) is 0 Å². The second kappa shape index (κ2) is 8.27. The minimum Gasteiger partial charge on any atom is -0.491 e. The molecule has 148 valence electrons. The Labute approximate surface area is 167 Å². The van der Waals surface area contributed by atoms with Crippen molar-refractivity contribution in [2.75, 3.05) is 26.9 Å². The lowest BCUT2D eigenvalue weighted by molar-refractivity contribution is -0.0249. The normalized spacial score (nSPS) is 22.5. The van der Waals surface area contributed by atoms with Crippen molar-refractivity contribution >= 4 is 24.2 Å². The fraction of sp³-hybridized carbons (Fsp3) is 0.737. The zero-order chi connectivity index (χ0) is 19.6. The van der Waals surface area contributed by atoms with Crippen LogP contribution in [-0.4, -0.2) is 46.3 Å². The Morgan fingerprint density at radius 1 is 1.35 bits per heavy atom. The van der Waals surface area contributed by atoms with Gasteiger partial charge in [0.1, 0.15) is 22.6 Å². The number of halogens is 1. The van der Waals surface area contributed by atoms with Gasteiger partial charge < -0.3 is 18.6 Å². The molecule has 0 aromatic carbocycles. The molecular weight excluding hydrogens is 414 g/mol. The minimum absolute atomic E-state index is 0.0254. The van der Waals surface area contributed by atoms with Gasteiger partial charge >= 0.3 is 0 Å². The number of pyridine rings is 1. The summed E-state index contributed by atoms with van der Waals surface area (Å²) < 4.78 is 24.4. The maximum absolute atomic E-state index is 6.37. The van der Waals surface area contributed by atoms with E-state index in [-0.39, 0.29) is 11.1 Å². The highest BCUT2D eigenvalue weighted by Gasteiger charge is 2.40. The van der Waals surface area contributed by atoms with Crippen molar-refractivity contribution in [1.82, 2.24) is 4.98 Å². The smallest absolute Gasteiger partial charge is 0.192 e. The molecule has 1 aromatic heterocycles. The van der Waals surface area contributed by atoms with Crippen molar-refractivity contribution in [3.05, 3.63) is 22.4 Å². The summed E-state index contributed by atoms with van der Waals surface area (Å²) in [5, 5.41) is 0.182. The van der Waals surface area contributed by atoms with Crippen LogP contribution in [0.2, 0.25) is 18.1 Å². The third kappa shape index (κ3) is 5.07. The van der Waals surface area contributed by atoms with Gasteiger partial charge in [0.25, 0.3) is 0 Å². The van der Waals surface area contributed by atoms with Crippen LogP contribution < -0.4 is 4.74 Å². The Kier molecular flexibility index (Phi) is 6.94. The number of methoxy groups -OCH3 is 1. The molecule has 2 rings (SSSR count). The Morgan fingerprint density at radius 2 is 2.04 bits per heavy atom. The Hall–Kier alpha value is -0.473. The average molecular weight is 446 g/mol. The van der Waals surface area contributed by atoms with Gasteiger partial charge in [-0.05, 0) is 41.0 Å². The molecule has 0 spiro atoms. The molecular formula is C19H32BrNO4Si. The molecule has 2 heterocycles. The van der Waals surface area contributed by atoms with Crippen LogP contribution in [0.1, 0.15) is 39.8 Å². The SMILES string of the molecule is CO[C@@]1(c2cc(OC[C@@H](C)O[Si](C)(C)C(C)(C)C)cc(Br)n2)CCOC1. The monoisotopic (exact) mass is 445 g/mol. The molecule has 0 radical (unpaired) electrons. The fourth-order valence-electron chi connectivity index (χ4n) is 2.73. The predicted octanol–water partition coefficient (Wildman–Crippen LogP) is 4.90. The van der Waals surface area contributed by atoms with Gasteiger partial charge in [0.15, 0.2) is 8.32 Å². The number of hydrogen-bond acceptors (Lipinski definition) is 5. The Balaban J connectivity index is 2.06. The molecule has 2 atom stereocenters. The summed E-state index contributed by atoms with van der Waals surface area (Å²) in [6, 6.07) is 3.82. The summed E-state index contributed by atoms with van der Waals surface area (Å²) in [6.07, 6.45) is 0.814. The topological polar surface area (TPSA) is 49.8 Å². The van der Waals surface area contributed by atoms with Crippen molar-refractivity contribution in [3.8, 4) is 5.75 Å². The first-order valence-corrected chi connectivity index (χ1v) is 12.8. The first kappa shape index (κ1) is 21.8. The average Bonchev–Trinajstić information content (AvgIpc) is 3.01. The second-order valence-corrected chi connectivity index (χ2v) is 14.1. The van der Waals surface area contributed by atoms with Crippen LogP contribution in [0, 0.1) is 0 Å². The van der Waals surface area contributed by atoms with E-state index in [0.717, 1.165) is 22.5 Å². The third-order valence-electron chi connectivity index (χ3n) is 5.40. The van der Waals surface area contributed by atoms with Gasteiger partial charge in [0.2, 0.25) is 0 Å². The van der Waals surface area contributed by atoms with Crippen molar-refractivity contribution in [1.29, 1.82) is 0 Å². The zero-order valence-electron chi connectivity index (χ0n) is 17.0. The summed E-state index contributed by atoms with van der Waals surface area (Å²) >= 11 is 3.48. The van der Waals surface area contributed by atoms with E-state index >= 15 is 0 Å². The molecule has 26 heavy (non-hydrogen) atoms. The van der Waals surface area contributed by atoms with Crippen molar-refractivity contribution in [2.45, 2.75) is 64.0 Å². The standard InChI is InChI=1S/C19H32BrNO4Si/c1-14(25-26(6,7)18(2,3)4)12-24-15-10-16(21-17(20)11-15)19(22-5)8-9-23-13-19/h10-11,14H,8-9,12-13H2,1-7H3/t14-,19+/m1/s1. The van der Waals surface area contributed by atoms with Crippen LogP contribution in [0.15, 0.2) is 16.7 Å². The van der Waals surface area contributed by atoms with Crippen LogP contribution in [-0.2, 0) is 19.5 Å². The van der Waals surface area contributed by atoms with Gasteiger partial charge in [0, 0.05) is 32.3 Å². The lowest BCUT2D eigenvalue weighted by Crippen LogP contribution is -2.44. The second-order valence-electron chi connectivity index (χ2n) is 8.51. The quantitative estimate of drug-likeness (QED) is 0.441. The van der Waals surface area contributed by atoms with Crippen LogP contribution in [0.25, 0.3) is 0 Å². The van der Waals surface area contributed by atoms with Crippen LogP contribution in [0.4, 0.5) is 0 Å². The summed E-state index contributed by atoms with van der Waals surface area (Å²) in [5.74, 6) is 0.760. The molecule has 0 amide bonds. The lowest BCUT2D eigenvalue weighted by atomic mass is 9.98. The van der Waals surface area contributed by atoms with Gasteiger partial charge in [-0.3, -0.25) is 0 Å². The van der Waals surface area contributed by atoms with E-state index in [4.69, 9.17) is 18.6 Å². The predicted molar refractivity (Wildman–Crippen MR) is 109 cm³/mol. The Morgan fingerprint density at radius 3 is 2.58 bits per heavy atom. The van der Waals surface area contributed by atoms with E-state index < -0.39 is 13.9 Å². The highest BCUT2D eigenvalue weighted by atomic mass is 79.9. The molecule has 1 aliphatic heterocycles. The third-order valence-corrected chi connectivity index (χ3v) is 10.4. The lowest BCUT2D eigenvalue weighted by Gasteiger charge is -2.38. The molecule has 5 nitrogen and oxygen atoms in total. The van der Waals surface area contributed by atoms with Gasteiger partial charge in [-0.1, -0.05) is 20.8 Å². The molecule has 7 heteroatoms. The molecule has 0 saturated carbocycles. The Bertz CT molecular complexity index is 612. The van der Waals surface area contributed by atoms with E-state index in [1.807, 2.05) is 12.1 Å². The zero-order valence-corrected chi connectivity index (χ0v) is 19.6. The highest BCUT2D eigenvalue weighted by Crippen LogP contribution is 2.38. The first-order valence-electron chi connectivity index (χ1n) is 9.11. The highest BCUT2D eigenvalue weighted by molar-refractivity contribution is 9.10. The summed E-state index contributed by atoms with van der Waals surface area (Å²) in [4.78, 5) is 4.58. The number of aromatic nitrogens is 1. The number of rotatable bonds is 7. The molecule has 1 fully saturated rings. The van der Waals surface area contributed by atoms with Crippen LogP contribution in [0.3, 0.4) is 0 Å². The van der Waals surface area contributed by atoms with Gasteiger partial charge in [-0.25, -0.2) is 4.98 Å². The summed E-state index contributed by atoms with van der Waals surface area (Å²) in [7, 11) is -0.104. The largest absolute Gasteiger partial charge is 0.491 e. The van der Waals surface area contributed by atoms with Crippen LogP contribution in [0.5, 0.6) is 5.75 Å². The van der Waals surface area contributed by atoms with E-state index in [1.54, 1.807) is 7.11 Å². The number of nitrogens with zero attached hydrogens (tertiary/aromatic N) is 1. The molecule has 0 N–H and O–H groups in total. The van der Waals surface area contributed by atoms with E-state index in [2.05, 4.69) is 61.7 Å². The molecule has 0 bridgehead atoms. The molecule has 1 aliphatic rings. The maximum atomic E-state index is 6.37. The van der Waals surface area contributed by atoms with Gasteiger partial charge in [-0.2, -0.15) is 0 Å². The molecule has 0 aliphatic carbocycles. The van der Waals surface area contributed by atoms with Crippen molar-refractivity contribution < 1.29 is 18.6 Å². The minimum atomic E-state index is -1.81. The summed E-state index contributed by atoms with van der Waals surface area (Å²) in [6.45, 7) is 15.0. The van der Waals surface area contributed by atoms with Crippen molar-refractivity contribution in [3.63, 3.8) is 0 Å². The summed E-state index contributed by atoms with van der Waals surface area (Å²) in [5.41, 5.74) is 0.338. The molecule has 1 aromatic rings. The van der Waals surface area contributed by atoms with E-state index in [9.17, 15) is 0 Å². The van der Waals surface area contributed by atoms with E-state index in [1.165, 1.54) is 0 Å². The first-order chi connectivity index (χ1) is 12.0.